The lowest BCUT2D eigenvalue weighted by Gasteiger charge is -2.33. The number of aromatic amines is 1. The molecule has 0 aliphatic carbocycles. The van der Waals surface area contributed by atoms with Crippen LogP contribution in [0.2, 0.25) is 0 Å². The van der Waals surface area contributed by atoms with Crippen LogP contribution in [0.15, 0.2) is 36.4 Å². The van der Waals surface area contributed by atoms with Crippen LogP contribution in [-0.4, -0.2) is 65.4 Å². The summed E-state index contributed by atoms with van der Waals surface area (Å²) in [5.74, 6) is 3.64. The fourth-order valence-corrected chi connectivity index (χ4v) is 3.17. The van der Waals surface area contributed by atoms with E-state index >= 15 is 0 Å². The van der Waals surface area contributed by atoms with Crippen LogP contribution in [0.25, 0.3) is 0 Å². The van der Waals surface area contributed by atoms with E-state index in [9.17, 15) is 0 Å². The number of anilines is 5. The van der Waals surface area contributed by atoms with Gasteiger partial charge in [-0.25, -0.2) is 0 Å². The molecule has 3 heterocycles. The Morgan fingerprint density at radius 1 is 0.966 bits per heavy atom. The summed E-state index contributed by atoms with van der Waals surface area (Å²) >= 11 is 0. The molecule has 29 heavy (non-hydrogen) atoms. The molecule has 3 aromatic rings. The van der Waals surface area contributed by atoms with Crippen LogP contribution in [0.5, 0.6) is 5.75 Å². The Bertz CT molecular complexity index is 947. The molecule has 1 saturated heterocycles. The highest BCUT2D eigenvalue weighted by molar-refractivity contribution is 5.63. The number of likely N-dealkylation sites (N-methyl/N-ethyl adjacent to an activating group) is 1. The van der Waals surface area contributed by atoms with Crippen LogP contribution in [-0.2, 0) is 0 Å². The smallest absolute Gasteiger partial charge is 0.231 e. The molecule has 0 amide bonds. The lowest BCUT2D eigenvalue weighted by Crippen LogP contribution is -2.44. The summed E-state index contributed by atoms with van der Waals surface area (Å²) in [6.45, 7) is 5.83. The van der Waals surface area contributed by atoms with Crippen molar-refractivity contribution in [3.05, 3.63) is 42.1 Å². The average molecular weight is 394 g/mol. The van der Waals surface area contributed by atoms with E-state index in [-0.39, 0.29) is 0 Å². The Kier molecular flexibility index (Phi) is 5.48. The van der Waals surface area contributed by atoms with Crippen LogP contribution >= 0.6 is 0 Å². The SMILES string of the molecule is COc1ccc(Nc2nc(Nc3cc(C)[nH]n3)cc(N3CCN(C)CC3)n2)cc1. The van der Waals surface area contributed by atoms with Gasteiger partial charge in [0.25, 0.3) is 0 Å². The van der Waals surface area contributed by atoms with Gasteiger partial charge in [0, 0.05) is 49.7 Å². The molecular formula is C20H26N8O. The molecule has 0 spiro atoms. The van der Waals surface area contributed by atoms with Crippen molar-refractivity contribution in [1.29, 1.82) is 0 Å². The number of piperazine rings is 1. The summed E-state index contributed by atoms with van der Waals surface area (Å²) in [6, 6.07) is 11.6. The molecule has 0 unspecified atom stereocenters. The average Bonchev–Trinajstić information content (AvgIpc) is 3.13. The minimum Gasteiger partial charge on any atom is -0.497 e. The molecule has 0 atom stereocenters. The molecule has 152 valence electrons. The summed E-state index contributed by atoms with van der Waals surface area (Å²) in [4.78, 5) is 14.0. The van der Waals surface area contributed by atoms with Gasteiger partial charge >= 0.3 is 0 Å². The standard InChI is InChI=1S/C20H26N8O/c1-14-12-18(26-25-14)22-17-13-19(28-10-8-27(2)9-11-28)24-20(23-17)21-15-4-6-16(29-3)7-5-15/h4-7,12-13H,8-11H2,1-3H3,(H3,21,22,23,24,25,26). The molecular weight excluding hydrogens is 368 g/mol. The van der Waals surface area contributed by atoms with E-state index in [0.29, 0.717) is 11.8 Å². The molecule has 0 radical (unpaired) electrons. The van der Waals surface area contributed by atoms with Gasteiger partial charge in [-0.15, -0.1) is 0 Å². The Hall–Kier alpha value is -3.33. The molecule has 1 aliphatic heterocycles. The Morgan fingerprint density at radius 2 is 1.72 bits per heavy atom. The van der Waals surface area contributed by atoms with E-state index in [0.717, 1.165) is 54.9 Å². The minimum atomic E-state index is 0.529. The maximum Gasteiger partial charge on any atom is 0.231 e. The van der Waals surface area contributed by atoms with Crippen molar-refractivity contribution in [3.63, 3.8) is 0 Å². The highest BCUT2D eigenvalue weighted by Gasteiger charge is 2.17. The zero-order valence-electron chi connectivity index (χ0n) is 16.9. The van der Waals surface area contributed by atoms with Crippen molar-refractivity contribution < 1.29 is 4.74 Å². The number of aryl methyl sites for hydroxylation is 1. The first-order valence-corrected chi connectivity index (χ1v) is 9.62. The maximum atomic E-state index is 5.22. The van der Waals surface area contributed by atoms with Crippen molar-refractivity contribution in [2.45, 2.75) is 6.92 Å². The van der Waals surface area contributed by atoms with Crippen molar-refractivity contribution >= 4 is 29.1 Å². The van der Waals surface area contributed by atoms with Gasteiger partial charge in [-0.05, 0) is 38.2 Å². The predicted molar refractivity (Wildman–Crippen MR) is 115 cm³/mol. The van der Waals surface area contributed by atoms with Crippen LogP contribution in [0, 0.1) is 6.92 Å². The van der Waals surface area contributed by atoms with E-state index < -0.39 is 0 Å². The molecule has 9 nitrogen and oxygen atoms in total. The van der Waals surface area contributed by atoms with Gasteiger partial charge in [-0.2, -0.15) is 15.1 Å². The van der Waals surface area contributed by atoms with Crippen molar-refractivity contribution in [1.82, 2.24) is 25.1 Å². The quantitative estimate of drug-likeness (QED) is 0.588. The van der Waals surface area contributed by atoms with Gasteiger partial charge in [-0.1, -0.05) is 0 Å². The number of nitrogens with one attached hydrogen (secondary N) is 3. The maximum absolute atomic E-state index is 5.22. The zero-order chi connectivity index (χ0) is 20.2. The molecule has 0 saturated carbocycles. The highest BCUT2D eigenvalue weighted by Crippen LogP contribution is 2.24. The normalized spacial score (nSPS) is 14.7. The van der Waals surface area contributed by atoms with Gasteiger partial charge in [0.15, 0.2) is 5.82 Å². The summed E-state index contributed by atoms with van der Waals surface area (Å²) in [5, 5.41) is 13.7. The summed E-state index contributed by atoms with van der Waals surface area (Å²) in [6.07, 6.45) is 0. The summed E-state index contributed by atoms with van der Waals surface area (Å²) in [5.41, 5.74) is 1.88. The molecule has 1 aromatic carbocycles. The van der Waals surface area contributed by atoms with Crippen molar-refractivity contribution in [3.8, 4) is 5.75 Å². The second kappa shape index (κ2) is 8.36. The Morgan fingerprint density at radius 3 is 2.38 bits per heavy atom. The number of hydrogen-bond acceptors (Lipinski definition) is 8. The van der Waals surface area contributed by atoms with E-state index in [2.05, 4.69) is 42.7 Å². The van der Waals surface area contributed by atoms with Crippen molar-refractivity contribution in [2.24, 2.45) is 0 Å². The second-order valence-corrected chi connectivity index (χ2v) is 7.14. The number of H-pyrrole nitrogens is 1. The third-order valence-electron chi connectivity index (χ3n) is 4.85. The van der Waals surface area contributed by atoms with E-state index in [1.807, 2.05) is 43.3 Å². The molecule has 3 N–H and O–H groups in total. The van der Waals surface area contributed by atoms with Crippen LogP contribution in [0.1, 0.15) is 5.69 Å². The van der Waals surface area contributed by atoms with E-state index in [4.69, 9.17) is 9.72 Å². The number of nitrogens with zero attached hydrogens (tertiary/aromatic N) is 5. The second-order valence-electron chi connectivity index (χ2n) is 7.14. The Labute approximate surface area is 170 Å². The minimum absolute atomic E-state index is 0.529. The van der Waals surface area contributed by atoms with Gasteiger partial charge in [0.1, 0.15) is 17.4 Å². The van der Waals surface area contributed by atoms with Gasteiger partial charge < -0.3 is 25.2 Å². The number of benzene rings is 1. The van der Waals surface area contributed by atoms with Crippen LogP contribution < -0.4 is 20.3 Å². The molecule has 9 heteroatoms. The first-order valence-electron chi connectivity index (χ1n) is 9.62. The zero-order valence-corrected chi connectivity index (χ0v) is 16.9. The first-order chi connectivity index (χ1) is 14.1. The van der Waals surface area contributed by atoms with E-state index in [1.54, 1.807) is 7.11 Å². The van der Waals surface area contributed by atoms with Gasteiger partial charge in [-0.3, -0.25) is 5.10 Å². The third-order valence-corrected chi connectivity index (χ3v) is 4.85. The molecule has 0 bridgehead atoms. The topological polar surface area (TPSA) is 94.2 Å². The lowest BCUT2D eigenvalue weighted by atomic mass is 10.3. The Balaban J connectivity index is 1.61. The number of methoxy groups -OCH3 is 1. The van der Waals surface area contributed by atoms with Crippen molar-refractivity contribution in [2.75, 3.05) is 55.9 Å². The lowest BCUT2D eigenvalue weighted by molar-refractivity contribution is 0.312. The van der Waals surface area contributed by atoms with E-state index in [1.165, 1.54) is 0 Å². The monoisotopic (exact) mass is 394 g/mol. The summed E-state index contributed by atoms with van der Waals surface area (Å²) < 4.78 is 5.22. The van der Waals surface area contributed by atoms with Gasteiger partial charge in [0.05, 0.1) is 7.11 Å². The van der Waals surface area contributed by atoms with Gasteiger partial charge in [0.2, 0.25) is 5.95 Å². The van der Waals surface area contributed by atoms with Crippen LogP contribution in [0.3, 0.4) is 0 Å². The largest absolute Gasteiger partial charge is 0.497 e. The number of ether oxygens (including phenoxy) is 1. The molecule has 1 fully saturated rings. The first kappa shape index (κ1) is 19.0. The predicted octanol–water partition coefficient (Wildman–Crippen LogP) is 2.76. The summed E-state index contributed by atoms with van der Waals surface area (Å²) in [7, 11) is 3.79. The highest BCUT2D eigenvalue weighted by atomic mass is 16.5. The fourth-order valence-electron chi connectivity index (χ4n) is 3.17. The molecule has 2 aromatic heterocycles. The van der Waals surface area contributed by atoms with Crippen LogP contribution in [0.4, 0.5) is 29.1 Å². The number of rotatable bonds is 6. The number of hydrogen-bond donors (Lipinski definition) is 3. The third kappa shape index (κ3) is 4.75. The molecule has 1 aliphatic rings. The number of aromatic nitrogens is 4. The fraction of sp³-hybridized carbons (Fsp3) is 0.350. The molecule has 4 rings (SSSR count).